The summed E-state index contributed by atoms with van der Waals surface area (Å²) < 4.78 is 26.2. The summed E-state index contributed by atoms with van der Waals surface area (Å²) in [7, 11) is -3.63. The molecule has 1 rings (SSSR count). The molecular weight excluding hydrogens is 278 g/mol. The van der Waals surface area contributed by atoms with Crippen LogP contribution in [0.4, 0.5) is 0 Å². The van der Waals surface area contributed by atoms with Crippen LogP contribution in [0.1, 0.15) is 26.3 Å². The van der Waals surface area contributed by atoms with Gasteiger partial charge < -0.3 is 5.11 Å². The van der Waals surface area contributed by atoms with Crippen LogP contribution in [0.5, 0.6) is 0 Å². The number of nitrogens with one attached hydrogen (secondary N) is 1. The minimum Gasteiger partial charge on any atom is -0.480 e. The van der Waals surface area contributed by atoms with Crippen LogP contribution in [0.2, 0.25) is 0 Å². The predicted molar refractivity (Wildman–Crippen MR) is 77.9 cm³/mol. The molecule has 1 unspecified atom stereocenters. The monoisotopic (exact) mass is 299 g/mol. The fourth-order valence-corrected chi connectivity index (χ4v) is 3.70. The smallest absolute Gasteiger partial charge is 0.322 e. The summed E-state index contributed by atoms with van der Waals surface area (Å²) in [6.07, 6.45) is 0.125. The molecule has 0 aliphatic carbocycles. The molecule has 0 aliphatic rings. The number of carbonyl (C=O) groups is 1. The summed E-state index contributed by atoms with van der Waals surface area (Å²) in [5.74, 6) is -1.29. The first-order valence-corrected chi connectivity index (χ1v) is 8.01. The molecule has 1 aromatic carbocycles. The van der Waals surface area contributed by atoms with Crippen molar-refractivity contribution >= 4 is 16.0 Å². The molecule has 0 saturated carbocycles. The zero-order valence-corrected chi connectivity index (χ0v) is 12.8. The SMILES string of the molecule is CC(C)(C)CS(=O)(=O)NC(Cc1ccccc1)C(=O)O. The van der Waals surface area contributed by atoms with E-state index < -0.39 is 27.4 Å². The average molecular weight is 299 g/mol. The zero-order chi connectivity index (χ0) is 15.4. The Morgan fingerprint density at radius 3 is 2.25 bits per heavy atom. The largest absolute Gasteiger partial charge is 0.480 e. The number of carboxylic acid groups (broad SMARTS) is 1. The first kappa shape index (κ1) is 16.7. The molecule has 0 amide bonds. The van der Waals surface area contributed by atoms with Crippen molar-refractivity contribution in [1.82, 2.24) is 4.72 Å². The summed E-state index contributed by atoms with van der Waals surface area (Å²) in [5.41, 5.74) is 0.347. The highest BCUT2D eigenvalue weighted by atomic mass is 32.2. The molecule has 0 fully saturated rings. The first-order valence-electron chi connectivity index (χ1n) is 6.36. The second kappa shape index (κ2) is 6.37. The van der Waals surface area contributed by atoms with Gasteiger partial charge in [-0.3, -0.25) is 4.79 Å². The fraction of sp³-hybridized carbons (Fsp3) is 0.500. The van der Waals surface area contributed by atoms with Gasteiger partial charge in [-0.2, -0.15) is 0 Å². The fourth-order valence-electron chi connectivity index (χ4n) is 1.86. The Kier molecular flexibility index (Phi) is 5.30. The van der Waals surface area contributed by atoms with Crippen molar-refractivity contribution in [3.63, 3.8) is 0 Å². The number of rotatable bonds is 6. The van der Waals surface area contributed by atoms with Gasteiger partial charge in [0, 0.05) is 0 Å². The molecule has 0 aromatic heterocycles. The molecule has 0 spiro atoms. The molecule has 0 heterocycles. The maximum absolute atomic E-state index is 12.0. The van der Waals surface area contributed by atoms with E-state index in [2.05, 4.69) is 4.72 Å². The lowest BCUT2D eigenvalue weighted by atomic mass is 10.0. The van der Waals surface area contributed by atoms with Crippen LogP contribution in [0.25, 0.3) is 0 Å². The number of aliphatic carboxylic acids is 1. The van der Waals surface area contributed by atoms with Gasteiger partial charge in [0.1, 0.15) is 6.04 Å². The zero-order valence-electron chi connectivity index (χ0n) is 12.0. The van der Waals surface area contributed by atoms with Crippen molar-refractivity contribution in [1.29, 1.82) is 0 Å². The van der Waals surface area contributed by atoms with Gasteiger partial charge in [-0.15, -0.1) is 0 Å². The molecule has 0 bridgehead atoms. The van der Waals surface area contributed by atoms with Crippen molar-refractivity contribution in [2.75, 3.05) is 5.75 Å². The molecule has 1 aromatic rings. The van der Waals surface area contributed by atoms with Crippen LogP contribution in [0, 0.1) is 5.41 Å². The van der Waals surface area contributed by atoms with Crippen molar-refractivity contribution in [3.05, 3.63) is 35.9 Å². The second-order valence-corrected chi connectivity index (χ2v) is 7.77. The van der Waals surface area contributed by atoms with E-state index in [9.17, 15) is 13.2 Å². The van der Waals surface area contributed by atoms with E-state index in [-0.39, 0.29) is 12.2 Å². The summed E-state index contributed by atoms with van der Waals surface area (Å²) in [4.78, 5) is 11.2. The van der Waals surface area contributed by atoms with Crippen molar-refractivity contribution in [2.24, 2.45) is 5.41 Å². The van der Waals surface area contributed by atoms with Gasteiger partial charge in [0.15, 0.2) is 0 Å². The van der Waals surface area contributed by atoms with Gasteiger partial charge in [0.2, 0.25) is 10.0 Å². The van der Waals surface area contributed by atoms with Gasteiger partial charge >= 0.3 is 5.97 Å². The third-order valence-electron chi connectivity index (χ3n) is 2.53. The number of hydrogen-bond acceptors (Lipinski definition) is 3. The molecule has 0 saturated heterocycles. The second-order valence-electron chi connectivity index (χ2n) is 6.02. The van der Waals surface area contributed by atoms with Crippen molar-refractivity contribution < 1.29 is 18.3 Å². The third-order valence-corrected chi connectivity index (χ3v) is 4.42. The lowest BCUT2D eigenvalue weighted by Gasteiger charge is -2.21. The van der Waals surface area contributed by atoms with Crippen LogP contribution in [0.15, 0.2) is 30.3 Å². The standard InChI is InChI=1S/C14H21NO4S/c1-14(2,3)10-20(18,19)15-12(13(16)17)9-11-7-5-4-6-8-11/h4-8,12,15H,9-10H2,1-3H3,(H,16,17). The maximum Gasteiger partial charge on any atom is 0.322 e. The Labute approximate surface area is 120 Å². The molecule has 2 N–H and O–H groups in total. The van der Waals surface area contributed by atoms with E-state index in [1.807, 2.05) is 6.07 Å². The number of sulfonamides is 1. The van der Waals surface area contributed by atoms with Gasteiger partial charge in [-0.25, -0.2) is 13.1 Å². The highest BCUT2D eigenvalue weighted by Gasteiger charge is 2.28. The van der Waals surface area contributed by atoms with Gasteiger partial charge in [-0.1, -0.05) is 51.1 Å². The minimum atomic E-state index is -3.63. The predicted octanol–water partition coefficient (Wildman–Crippen LogP) is 1.65. The number of benzene rings is 1. The van der Waals surface area contributed by atoms with E-state index in [0.29, 0.717) is 0 Å². The number of hydrogen-bond donors (Lipinski definition) is 2. The minimum absolute atomic E-state index is 0.113. The van der Waals surface area contributed by atoms with Crippen LogP contribution < -0.4 is 4.72 Å². The highest BCUT2D eigenvalue weighted by Crippen LogP contribution is 2.16. The average Bonchev–Trinajstić information content (AvgIpc) is 2.25. The Morgan fingerprint density at radius 2 is 1.80 bits per heavy atom. The molecule has 1 atom stereocenters. The summed E-state index contributed by atoms with van der Waals surface area (Å²) in [5, 5.41) is 9.17. The van der Waals surface area contributed by atoms with Crippen LogP contribution in [-0.2, 0) is 21.2 Å². The summed E-state index contributed by atoms with van der Waals surface area (Å²) in [6.45, 7) is 5.37. The van der Waals surface area contributed by atoms with E-state index >= 15 is 0 Å². The lowest BCUT2D eigenvalue weighted by Crippen LogP contribution is -2.44. The van der Waals surface area contributed by atoms with E-state index in [1.54, 1.807) is 45.0 Å². The summed E-state index contributed by atoms with van der Waals surface area (Å²) >= 11 is 0. The molecule has 0 aliphatic heterocycles. The van der Waals surface area contributed by atoms with Crippen LogP contribution >= 0.6 is 0 Å². The Bertz CT molecular complexity index is 546. The maximum atomic E-state index is 12.0. The topological polar surface area (TPSA) is 83.5 Å². The van der Waals surface area contributed by atoms with Crippen molar-refractivity contribution in [2.45, 2.75) is 33.2 Å². The van der Waals surface area contributed by atoms with Crippen LogP contribution in [-0.4, -0.2) is 31.3 Å². The van der Waals surface area contributed by atoms with Gasteiger partial charge in [0.25, 0.3) is 0 Å². The normalized spacial score (nSPS) is 13.9. The molecule has 20 heavy (non-hydrogen) atoms. The Hall–Kier alpha value is -1.40. The molecule has 6 heteroatoms. The Morgan fingerprint density at radius 1 is 1.25 bits per heavy atom. The lowest BCUT2D eigenvalue weighted by molar-refractivity contribution is -0.138. The molecule has 5 nitrogen and oxygen atoms in total. The first-order chi connectivity index (χ1) is 9.09. The van der Waals surface area contributed by atoms with Crippen molar-refractivity contribution in [3.8, 4) is 0 Å². The molecule has 0 radical (unpaired) electrons. The van der Waals surface area contributed by atoms with E-state index in [4.69, 9.17) is 5.11 Å². The third kappa shape index (κ3) is 6.16. The van der Waals surface area contributed by atoms with Gasteiger partial charge in [0.05, 0.1) is 5.75 Å². The number of carboxylic acids is 1. The Balaban J connectivity index is 2.81. The van der Waals surface area contributed by atoms with E-state index in [0.717, 1.165) is 5.56 Å². The highest BCUT2D eigenvalue weighted by molar-refractivity contribution is 7.89. The van der Waals surface area contributed by atoms with E-state index in [1.165, 1.54) is 0 Å². The molecular formula is C14H21NO4S. The summed E-state index contributed by atoms with van der Waals surface area (Å²) in [6, 6.07) is 7.80. The molecule has 112 valence electrons. The quantitative estimate of drug-likeness (QED) is 0.836. The van der Waals surface area contributed by atoms with Gasteiger partial charge in [-0.05, 0) is 17.4 Å². The van der Waals surface area contributed by atoms with Crippen LogP contribution in [0.3, 0.4) is 0 Å².